The molecule has 0 aliphatic rings. The van der Waals surface area contributed by atoms with E-state index in [1.165, 1.54) is 5.82 Å². The number of aromatic nitrogens is 2. The van der Waals surface area contributed by atoms with Gasteiger partial charge < -0.3 is 0 Å². The minimum atomic E-state index is 0.954. The Morgan fingerprint density at radius 3 is 2.80 bits per heavy atom. The highest BCUT2D eigenvalue weighted by Gasteiger charge is 2.05. The molecule has 0 spiro atoms. The number of rotatable bonds is 2. The normalized spacial score (nSPS) is 10.3. The van der Waals surface area contributed by atoms with E-state index in [2.05, 4.69) is 42.4 Å². The highest BCUT2D eigenvalue weighted by molar-refractivity contribution is 4.78. The Hall–Kier alpha value is -0.790. The Morgan fingerprint density at radius 1 is 1.70 bits per heavy atom. The quantitative estimate of drug-likeness (QED) is 0.536. The fourth-order valence-corrected chi connectivity index (χ4v) is 1.01. The zero-order valence-corrected chi connectivity index (χ0v) is 6.67. The molecular formula is C8H14N2+. The smallest absolute Gasteiger partial charge is 0.237 e. The predicted molar refractivity (Wildman–Crippen MR) is 40.3 cm³/mol. The molecule has 0 aliphatic heterocycles. The van der Waals surface area contributed by atoms with Crippen molar-refractivity contribution in [2.75, 3.05) is 0 Å². The molecule has 0 aliphatic carbocycles. The maximum Gasteiger partial charge on any atom is 0.253 e. The molecule has 55 valence electrons. The number of imidazole rings is 1. The molecule has 1 aromatic heterocycles. The van der Waals surface area contributed by atoms with Crippen LogP contribution in [0.3, 0.4) is 0 Å². The van der Waals surface area contributed by atoms with Gasteiger partial charge in [0.1, 0.15) is 12.4 Å². The van der Waals surface area contributed by atoms with Gasteiger partial charge in [-0.3, -0.25) is 0 Å². The van der Waals surface area contributed by atoms with Gasteiger partial charge in [0.15, 0.2) is 0 Å². The Balaban J connectivity index is 2.83. The Morgan fingerprint density at radius 2 is 2.40 bits per heavy atom. The molecule has 0 fully saturated rings. The Labute approximate surface area is 62.1 Å². The third-order valence-electron chi connectivity index (χ3n) is 1.80. The van der Waals surface area contributed by atoms with E-state index < -0.39 is 0 Å². The van der Waals surface area contributed by atoms with Gasteiger partial charge >= 0.3 is 0 Å². The van der Waals surface area contributed by atoms with Crippen molar-refractivity contribution in [3.8, 4) is 0 Å². The van der Waals surface area contributed by atoms with Gasteiger partial charge in [0, 0.05) is 6.92 Å². The van der Waals surface area contributed by atoms with Crippen molar-refractivity contribution in [1.29, 1.82) is 0 Å². The standard InChI is InChI=1S/C8H14N2/c1-4-5-10-7-6-9(3)8(10)2/h6-7H,1,4-5H2,2-3H3/q+1. The van der Waals surface area contributed by atoms with Gasteiger partial charge in [-0.25, -0.2) is 9.13 Å². The minimum absolute atomic E-state index is 0.954. The van der Waals surface area contributed by atoms with E-state index in [0.717, 1.165) is 13.0 Å². The second-order valence-corrected chi connectivity index (χ2v) is 2.50. The van der Waals surface area contributed by atoms with E-state index in [4.69, 9.17) is 0 Å². The SMILES string of the molecule is [CH2]CCn1cc[n+](C)c1C. The molecule has 0 unspecified atom stereocenters. The van der Waals surface area contributed by atoms with Crippen LogP contribution in [0.2, 0.25) is 0 Å². The molecule has 0 saturated heterocycles. The number of hydrogen-bond donors (Lipinski definition) is 0. The molecule has 0 aromatic carbocycles. The summed E-state index contributed by atoms with van der Waals surface area (Å²) in [5.74, 6) is 1.28. The highest BCUT2D eigenvalue weighted by Crippen LogP contribution is 1.93. The summed E-state index contributed by atoms with van der Waals surface area (Å²) in [5, 5.41) is 0. The summed E-state index contributed by atoms with van der Waals surface area (Å²) in [4.78, 5) is 0. The lowest BCUT2D eigenvalue weighted by molar-refractivity contribution is -0.677. The van der Waals surface area contributed by atoms with E-state index >= 15 is 0 Å². The lowest BCUT2D eigenvalue weighted by atomic mass is 10.5. The zero-order valence-electron chi connectivity index (χ0n) is 6.67. The van der Waals surface area contributed by atoms with Crippen LogP contribution in [0.5, 0.6) is 0 Å². The van der Waals surface area contributed by atoms with Gasteiger partial charge in [-0.1, -0.05) is 0 Å². The van der Waals surface area contributed by atoms with Crippen molar-refractivity contribution in [3.63, 3.8) is 0 Å². The van der Waals surface area contributed by atoms with E-state index in [9.17, 15) is 0 Å². The van der Waals surface area contributed by atoms with Crippen LogP contribution < -0.4 is 4.57 Å². The summed E-state index contributed by atoms with van der Waals surface area (Å²) in [6, 6.07) is 0. The summed E-state index contributed by atoms with van der Waals surface area (Å²) in [5.41, 5.74) is 0. The van der Waals surface area contributed by atoms with Crippen molar-refractivity contribution in [2.24, 2.45) is 7.05 Å². The van der Waals surface area contributed by atoms with Gasteiger partial charge in [-0.2, -0.15) is 0 Å². The fourth-order valence-electron chi connectivity index (χ4n) is 1.01. The molecule has 1 heterocycles. The summed E-state index contributed by atoms with van der Waals surface area (Å²) >= 11 is 0. The molecule has 1 rings (SSSR count). The van der Waals surface area contributed by atoms with Gasteiger partial charge in [0.25, 0.3) is 5.82 Å². The van der Waals surface area contributed by atoms with Crippen LogP contribution in [0, 0.1) is 13.8 Å². The number of hydrogen-bond acceptors (Lipinski definition) is 0. The first-order chi connectivity index (χ1) is 4.75. The van der Waals surface area contributed by atoms with Gasteiger partial charge in [0.05, 0.1) is 13.6 Å². The van der Waals surface area contributed by atoms with Crippen LogP contribution >= 0.6 is 0 Å². The Bertz CT molecular complexity index is 213. The summed E-state index contributed by atoms with van der Waals surface area (Å²) < 4.78 is 4.31. The van der Waals surface area contributed by atoms with Crippen LogP contribution in [0.4, 0.5) is 0 Å². The van der Waals surface area contributed by atoms with Crippen LogP contribution in [-0.4, -0.2) is 4.57 Å². The molecular weight excluding hydrogens is 124 g/mol. The van der Waals surface area contributed by atoms with Crippen LogP contribution in [0.15, 0.2) is 12.4 Å². The molecule has 1 radical (unpaired) electrons. The maximum atomic E-state index is 3.80. The lowest BCUT2D eigenvalue weighted by Gasteiger charge is -1.93. The van der Waals surface area contributed by atoms with Crippen molar-refractivity contribution in [3.05, 3.63) is 25.1 Å². The molecule has 0 N–H and O–H groups in total. The van der Waals surface area contributed by atoms with Gasteiger partial charge in [-0.15, -0.1) is 0 Å². The third kappa shape index (κ3) is 1.20. The fraction of sp³-hybridized carbons (Fsp3) is 0.500. The van der Waals surface area contributed by atoms with Crippen molar-refractivity contribution >= 4 is 0 Å². The minimum Gasteiger partial charge on any atom is -0.237 e. The maximum absolute atomic E-state index is 3.80. The molecule has 0 saturated carbocycles. The van der Waals surface area contributed by atoms with Crippen molar-refractivity contribution < 1.29 is 4.57 Å². The monoisotopic (exact) mass is 138 g/mol. The number of nitrogens with zero attached hydrogens (tertiary/aromatic N) is 2. The predicted octanol–water partition coefficient (Wildman–Crippen LogP) is 0.845. The third-order valence-corrected chi connectivity index (χ3v) is 1.80. The summed E-state index contributed by atoms with van der Waals surface area (Å²) in [6.45, 7) is 6.93. The van der Waals surface area contributed by atoms with E-state index in [1.54, 1.807) is 0 Å². The molecule has 2 nitrogen and oxygen atoms in total. The Kier molecular flexibility index (Phi) is 2.10. The average Bonchev–Trinajstić information content (AvgIpc) is 2.20. The molecule has 10 heavy (non-hydrogen) atoms. The summed E-state index contributed by atoms with van der Waals surface area (Å²) in [7, 11) is 2.05. The topological polar surface area (TPSA) is 8.81 Å². The van der Waals surface area contributed by atoms with Crippen molar-refractivity contribution in [1.82, 2.24) is 4.57 Å². The first kappa shape index (κ1) is 7.32. The zero-order chi connectivity index (χ0) is 7.56. The number of aryl methyl sites for hydroxylation is 2. The molecule has 0 bridgehead atoms. The first-order valence-electron chi connectivity index (χ1n) is 3.56. The molecule has 0 atom stereocenters. The van der Waals surface area contributed by atoms with Crippen LogP contribution in [0.25, 0.3) is 0 Å². The van der Waals surface area contributed by atoms with Crippen molar-refractivity contribution in [2.45, 2.75) is 19.9 Å². The first-order valence-corrected chi connectivity index (χ1v) is 3.56. The van der Waals surface area contributed by atoms with E-state index in [1.807, 2.05) is 0 Å². The molecule has 2 heteroatoms. The van der Waals surface area contributed by atoms with E-state index in [-0.39, 0.29) is 0 Å². The van der Waals surface area contributed by atoms with E-state index in [0.29, 0.717) is 0 Å². The molecule has 1 aromatic rings. The largest absolute Gasteiger partial charge is 0.253 e. The lowest BCUT2D eigenvalue weighted by Crippen LogP contribution is -2.29. The van der Waals surface area contributed by atoms with Gasteiger partial charge in [-0.05, 0) is 13.3 Å². The second-order valence-electron chi connectivity index (χ2n) is 2.50. The van der Waals surface area contributed by atoms with Gasteiger partial charge in [0.2, 0.25) is 0 Å². The summed E-state index contributed by atoms with van der Waals surface area (Å²) in [6.07, 6.45) is 5.10. The van der Waals surface area contributed by atoms with Crippen LogP contribution in [0.1, 0.15) is 12.2 Å². The average molecular weight is 138 g/mol. The van der Waals surface area contributed by atoms with Crippen LogP contribution in [-0.2, 0) is 13.6 Å². The second kappa shape index (κ2) is 2.86. The molecule has 0 amide bonds. The highest BCUT2D eigenvalue weighted by atomic mass is 15.1.